The fourth-order valence-corrected chi connectivity index (χ4v) is 1.74. The molecule has 0 amide bonds. The Balaban J connectivity index is 2.84. The number of benzene rings is 1. The molecule has 0 bridgehead atoms. The lowest BCUT2D eigenvalue weighted by Gasteiger charge is -2.21. The minimum Gasteiger partial charge on any atom is -0.293 e. The van der Waals surface area contributed by atoms with Crippen molar-refractivity contribution < 1.29 is 0 Å². The van der Waals surface area contributed by atoms with Gasteiger partial charge < -0.3 is 0 Å². The molecule has 4 heteroatoms. The fraction of sp³-hybridized carbons (Fsp3) is 0.333. The quantitative estimate of drug-likeness (QED) is 0.705. The van der Waals surface area contributed by atoms with Crippen LogP contribution in [0.15, 0.2) is 29.3 Å². The second kappa shape index (κ2) is 3.59. The molecule has 0 atom stereocenters. The van der Waals surface area contributed by atoms with Crippen LogP contribution >= 0.6 is 11.6 Å². The van der Waals surface area contributed by atoms with Crippen molar-refractivity contribution in [1.29, 1.82) is 0 Å². The molecule has 1 aromatic heterocycles. The summed E-state index contributed by atoms with van der Waals surface area (Å²) < 4.78 is 1.62. The Morgan fingerprint density at radius 3 is 2.62 bits per heavy atom. The van der Waals surface area contributed by atoms with E-state index < -0.39 is 0 Å². The Morgan fingerprint density at radius 1 is 1.31 bits per heavy atom. The number of hydrogen-bond acceptors (Lipinski definition) is 2. The maximum absolute atomic E-state index is 12.2. The van der Waals surface area contributed by atoms with Gasteiger partial charge in [0, 0.05) is 10.6 Å². The van der Waals surface area contributed by atoms with Gasteiger partial charge >= 0.3 is 0 Å². The topological polar surface area (TPSA) is 34.9 Å². The Hall–Kier alpha value is -1.35. The van der Waals surface area contributed by atoms with Crippen LogP contribution in [0.3, 0.4) is 0 Å². The molecule has 0 fully saturated rings. The lowest BCUT2D eigenvalue weighted by Crippen LogP contribution is -2.33. The molecule has 0 aliphatic rings. The number of nitrogens with zero attached hydrogens (tertiary/aromatic N) is 2. The standard InChI is InChI=1S/C12H13ClN2O/c1-12(2,3)15-7-14-10-5-4-8(13)6-9(10)11(15)16/h4-7H,1-3H3. The number of aromatic nitrogens is 2. The van der Waals surface area contributed by atoms with Crippen molar-refractivity contribution in [3.05, 3.63) is 39.9 Å². The molecule has 0 aliphatic heterocycles. The number of halogens is 1. The molecule has 0 saturated carbocycles. The van der Waals surface area contributed by atoms with E-state index in [-0.39, 0.29) is 11.1 Å². The van der Waals surface area contributed by atoms with Crippen molar-refractivity contribution in [2.45, 2.75) is 26.3 Å². The summed E-state index contributed by atoms with van der Waals surface area (Å²) >= 11 is 5.88. The lowest BCUT2D eigenvalue weighted by atomic mass is 10.1. The zero-order chi connectivity index (χ0) is 11.9. The molecule has 1 heterocycles. The molecule has 0 spiro atoms. The first-order valence-corrected chi connectivity index (χ1v) is 5.45. The highest BCUT2D eigenvalue weighted by Gasteiger charge is 2.16. The SMILES string of the molecule is CC(C)(C)n1cnc2ccc(Cl)cc2c1=O. The van der Waals surface area contributed by atoms with Gasteiger partial charge in [-0.05, 0) is 39.0 Å². The summed E-state index contributed by atoms with van der Waals surface area (Å²) in [7, 11) is 0. The minimum atomic E-state index is -0.277. The third-order valence-corrected chi connectivity index (χ3v) is 2.68. The average Bonchev–Trinajstić information content (AvgIpc) is 2.17. The predicted molar refractivity (Wildman–Crippen MR) is 66.0 cm³/mol. The molecule has 0 radical (unpaired) electrons. The molecule has 0 N–H and O–H groups in total. The van der Waals surface area contributed by atoms with Gasteiger partial charge in [0.1, 0.15) is 0 Å². The van der Waals surface area contributed by atoms with Gasteiger partial charge in [0.25, 0.3) is 5.56 Å². The summed E-state index contributed by atoms with van der Waals surface area (Å²) in [6, 6.07) is 5.15. The Bertz CT molecular complexity index is 596. The highest BCUT2D eigenvalue weighted by atomic mass is 35.5. The van der Waals surface area contributed by atoms with E-state index in [1.54, 1.807) is 29.1 Å². The van der Waals surface area contributed by atoms with Crippen LogP contribution in [0, 0.1) is 0 Å². The molecule has 84 valence electrons. The van der Waals surface area contributed by atoms with E-state index in [1.807, 2.05) is 20.8 Å². The second-order valence-electron chi connectivity index (χ2n) is 4.75. The molecule has 2 rings (SSSR count). The van der Waals surface area contributed by atoms with Gasteiger partial charge in [-0.25, -0.2) is 4.98 Å². The highest BCUT2D eigenvalue weighted by molar-refractivity contribution is 6.31. The average molecular weight is 237 g/mol. The van der Waals surface area contributed by atoms with E-state index in [0.29, 0.717) is 15.9 Å². The zero-order valence-corrected chi connectivity index (χ0v) is 10.2. The van der Waals surface area contributed by atoms with Crippen LogP contribution in [0.25, 0.3) is 10.9 Å². The van der Waals surface area contributed by atoms with E-state index in [0.717, 1.165) is 0 Å². The van der Waals surface area contributed by atoms with Crippen LogP contribution < -0.4 is 5.56 Å². The normalized spacial score (nSPS) is 12.0. The van der Waals surface area contributed by atoms with Gasteiger partial charge in [0.2, 0.25) is 0 Å². The second-order valence-corrected chi connectivity index (χ2v) is 5.19. The van der Waals surface area contributed by atoms with Crippen LogP contribution in [0.2, 0.25) is 5.02 Å². The minimum absolute atomic E-state index is 0.0556. The van der Waals surface area contributed by atoms with Gasteiger partial charge in [-0.15, -0.1) is 0 Å². The lowest BCUT2D eigenvalue weighted by molar-refractivity contribution is 0.382. The van der Waals surface area contributed by atoms with Gasteiger partial charge in [0.15, 0.2) is 0 Å². The van der Waals surface area contributed by atoms with Crippen LogP contribution in [0.1, 0.15) is 20.8 Å². The molecule has 2 aromatic rings. The molecule has 1 aromatic carbocycles. The predicted octanol–water partition coefficient (Wildman–Crippen LogP) is 2.80. The summed E-state index contributed by atoms with van der Waals surface area (Å²) in [5.74, 6) is 0. The monoisotopic (exact) mass is 236 g/mol. The van der Waals surface area contributed by atoms with Gasteiger partial charge in [0.05, 0.1) is 17.2 Å². The smallest absolute Gasteiger partial charge is 0.261 e. The summed E-state index contributed by atoms with van der Waals surface area (Å²) in [5.41, 5.74) is 0.343. The van der Waals surface area contributed by atoms with Crippen LogP contribution in [-0.4, -0.2) is 9.55 Å². The molecule has 16 heavy (non-hydrogen) atoms. The van der Waals surface area contributed by atoms with Crippen molar-refractivity contribution in [2.24, 2.45) is 0 Å². The first-order valence-electron chi connectivity index (χ1n) is 5.07. The molecule has 0 aliphatic carbocycles. The van der Waals surface area contributed by atoms with Gasteiger partial charge in [-0.1, -0.05) is 11.6 Å². The molecule has 3 nitrogen and oxygen atoms in total. The van der Waals surface area contributed by atoms with Crippen molar-refractivity contribution in [1.82, 2.24) is 9.55 Å². The number of hydrogen-bond donors (Lipinski definition) is 0. The maximum Gasteiger partial charge on any atom is 0.261 e. The molecular formula is C12H13ClN2O. The molecular weight excluding hydrogens is 224 g/mol. The van der Waals surface area contributed by atoms with Crippen molar-refractivity contribution in [3.8, 4) is 0 Å². The number of rotatable bonds is 0. The first kappa shape index (κ1) is 11.1. The highest BCUT2D eigenvalue weighted by Crippen LogP contribution is 2.16. The fourth-order valence-electron chi connectivity index (χ4n) is 1.57. The van der Waals surface area contributed by atoms with E-state index in [2.05, 4.69) is 4.98 Å². The van der Waals surface area contributed by atoms with E-state index in [4.69, 9.17) is 11.6 Å². The number of fused-ring (bicyclic) bond motifs is 1. The van der Waals surface area contributed by atoms with Crippen LogP contribution in [0.4, 0.5) is 0 Å². The van der Waals surface area contributed by atoms with Gasteiger partial charge in [-0.2, -0.15) is 0 Å². The Labute approximate surface area is 98.7 Å². The van der Waals surface area contributed by atoms with E-state index in [1.165, 1.54) is 0 Å². The molecule has 0 saturated heterocycles. The van der Waals surface area contributed by atoms with Crippen molar-refractivity contribution in [2.75, 3.05) is 0 Å². The first-order chi connectivity index (χ1) is 7.39. The van der Waals surface area contributed by atoms with Crippen molar-refractivity contribution in [3.63, 3.8) is 0 Å². The van der Waals surface area contributed by atoms with Crippen LogP contribution in [-0.2, 0) is 5.54 Å². The zero-order valence-electron chi connectivity index (χ0n) is 9.49. The summed E-state index contributed by atoms with van der Waals surface area (Å²) in [5, 5.41) is 1.11. The third kappa shape index (κ3) is 1.83. The largest absolute Gasteiger partial charge is 0.293 e. The van der Waals surface area contributed by atoms with Crippen LogP contribution in [0.5, 0.6) is 0 Å². The summed E-state index contributed by atoms with van der Waals surface area (Å²) in [6.07, 6.45) is 1.58. The maximum atomic E-state index is 12.2. The summed E-state index contributed by atoms with van der Waals surface area (Å²) in [6.45, 7) is 5.89. The summed E-state index contributed by atoms with van der Waals surface area (Å²) in [4.78, 5) is 16.4. The van der Waals surface area contributed by atoms with E-state index >= 15 is 0 Å². The van der Waals surface area contributed by atoms with E-state index in [9.17, 15) is 4.79 Å². The van der Waals surface area contributed by atoms with Gasteiger partial charge in [-0.3, -0.25) is 9.36 Å². The third-order valence-electron chi connectivity index (χ3n) is 2.44. The Kier molecular flexibility index (Phi) is 2.50. The molecule has 0 unspecified atom stereocenters. The van der Waals surface area contributed by atoms with Crippen molar-refractivity contribution >= 4 is 22.5 Å². The Morgan fingerprint density at radius 2 is 2.00 bits per heavy atom.